The lowest BCUT2D eigenvalue weighted by Crippen LogP contribution is -2.48. The van der Waals surface area contributed by atoms with Gasteiger partial charge >= 0.3 is 0 Å². The molecule has 0 bridgehead atoms. The Morgan fingerprint density at radius 3 is 2.39 bits per heavy atom. The van der Waals surface area contributed by atoms with Gasteiger partial charge in [-0.15, -0.1) is 0 Å². The Balaban J connectivity index is 1.34. The van der Waals surface area contributed by atoms with Crippen LogP contribution in [0, 0.1) is 0 Å². The highest BCUT2D eigenvalue weighted by Gasteiger charge is 2.24. The number of hydrogen-bond donors (Lipinski definition) is 0. The smallest absolute Gasteiger partial charge is 0.254 e. The molecule has 1 fully saturated rings. The van der Waals surface area contributed by atoms with E-state index < -0.39 is 0 Å². The third-order valence-corrected chi connectivity index (χ3v) is 6.15. The molecule has 1 amide bonds. The summed E-state index contributed by atoms with van der Waals surface area (Å²) >= 11 is 0. The first-order valence-electron chi connectivity index (χ1n) is 11.2. The van der Waals surface area contributed by atoms with Crippen molar-refractivity contribution in [2.45, 2.75) is 6.54 Å². The first-order chi connectivity index (χ1) is 16.2. The maximum absolute atomic E-state index is 13.6. The summed E-state index contributed by atoms with van der Waals surface area (Å²) in [6.07, 6.45) is 3.49. The van der Waals surface area contributed by atoms with Gasteiger partial charge in [0, 0.05) is 56.1 Å². The van der Waals surface area contributed by atoms with Crippen molar-refractivity contribution in [3.05, 3.63) is 90.3 Å². The van der Waals surface area contributed by atoms with Crippen LogP contribution < -0.4 is 4.74 Å². The Labute approximate surface area is 193 Å². The largest absolute Gasteiger partial charge is 0.497 e. The summed E-state index contributed by atoms with van der Waals surface area (Å²) in [5, 5.41) is 0.890. The zero-order valence-electron chi connectivity index (χ0n) is 18.6. The van der Waals surface area contributed by atoms with Crippen LogP contribution in [-0.2, 0) is 6.54 Å². The fraction of sp³-hybridized carbons (Fsp3) is 0.222. The van der Waals surface area contributed by atoms with Crippen molar-refractivity contribution in [1.82, 2.24) is 19.8 Å². The van der Waals surface area contributed by atoms with Crippen molar-refractivity contribution in [2.24, 2.45) is 0 Å². The summed E-state index contributed by atoms with van der Waals surface area (Å²) < 4.78 is 5.24. The van der Waals surface area contributed by atoms with Crippen LogP contribution in [0.4, 0.5) is 0 Å². The normalized spacial score (nSPS) is 14.4. The summed E-state index contributed by atoms with van der Waals surface area (Å²) in [5.74, 6) is 0.929. The van der Waals surface area contributed by atoms with E-state index in [0.29, 0.717) is 18.7 Å². The second-order valence-electron chi connectivity index (χ2n) is 8.22. The predicted octanol–water partition coefficient (Wildman–Crippen LogP) is 4.26. The van der Waals surface area contributed by atoms with Gasteiger partial charge in [0.05, 0.1) is 23.9 Å². The number of para-hydroxylation sites is 1. The predicted molar refractivity (Wildman–Crippen MR) is 129 cm³/mol. The molecule has 1 aliphatic rings. The molecule has 166 valence electrons. The monoisotopic (exact) mass is 438 g/mol. The summed E-state index contributed by atoms with van der Waals surface area (Å²) in [6, 6.07) is 21.8. The summed E-state index contributed by atoms with van der Waals surface area (Å²) in [5.41, 5.74) is 4.52. The molecule has 0 N–H and O–H groups in total. The highest BCUT2D eigenvalue weighted by Crippen LogP contribution is 2.26. The van der Waals surface area contributed by atoms with E-state index >= 15 is 0 Å². The maximum Gasteiger partial charge on any atom is 0.254 e. The lowest BCUT2D eigenvalue weighted by atomic mass is 10.0. The minimum atomic E-state index is 0.0630. The third kappa shape index (κ3) is 4.56. The second kappa shape index (κ2) is 9.38. The molecule has 0 saturated carbocycles. The van der Waals surface area contributed by atoms with Crippen molar-refractivity contribution in [3.63, 3.8) is 0 Å². The van der Waals surface area contributed by atoms with Gasteiger partial charge in [0.25, 0.3) is 5.91 Å². The number of carbonyl (C=O) groups excluding carboxylic acids is 1. The number of ether oxygens (including phenoxy) is 1. The third-order valence-electron chi connectivity index (χ3n) is 6.15. The maximum atomic E-state index is 13.6. The van der Waals surface area contributed by atoms with Gasteiger partial charge in [0.2, 0.25) is 0 Å². The number of hydrogen-bond acceptors (Lipinski definition) is 5. The number of amides is 1. The zero-order chi connectivity index (χ0) is 22.6. The van der Waals surface area contributed by atoms with Crippen molar-refractivity contribution < 1.29 is 9.53 Å². The number of pyridine rings is 2. The Morgan fingerprint density at radius 2 is 1.67 bits per heavy atom. The lowest BCUT2D eigenvalue weighted by Gasteiger charge is -2.35. The molecule has 0 radical (unpaired) electrons. The molecular weight excluding hydrogens is 412 g/mol. The van der Waals surface area contributed by atoms with Crippen LogP contribution in [-0.4, -0.2) is 59.0 Å². The summed E-state index contributed by atoms with van der Waals surface area (Å²) in [6.45, 7) is 3.97. The van der Waals surface area contributed by atoms with Crippen LogP contribution >= 0.6 is 0 Å². The molecule has 0 atom stereocenters. The molecule has 2 aromatic carbocycles. The quantitative estimate of drug-likeness (QED) is 0.466. The van der Waals surface area contributed by atoms with Crippen molar-refractivity contribution in [3.8, 4) is 17.0 Å². The highest BCUT2D eigenvalue weighted by atomic mass is 16.5. The van der Waals surface area contributed by atoms with Gasteiger partial charge in [0.1, 0.15) is 5.75 Å². The minimum Gasteiger partial charge on any atom is -0.497 e. The van der Waals surface area contributed by atoms with Gasteiger partial charge in [-0.05, 0) is 42.0 Å². The van der Waals surface area contributed by atoms with E-state index in [1.54, 1.807) is 19.5 Å². The molecule has 2 aromatic heterocycles. The second-order valence-corrected chi connectivity index (χ2v) is 8.22. The Kier molecular flexibility index (Phi) is 6.00. The molecule has 5 rings (SSSR count). The van der Waals surface area contributed by atoms with Crippen LogP contribution in [0.25, 0.3) is 22.2 Å². The van der Waals surface area contributed by atoms with Gasteiger partial charge in [-0.25, -0.2) is 4.98 Å². The first-order valence-corrected chi connectivity index (χ1v) is 11.2. The molecule has 1 saturated heterocycles. The number of fused-ring (bicyclic) bond motifs is 1. The Hall–Kier alpha value is -3.77. The van der Waals surface area contributed by atoms with Gasteiger partial charge in [0.15, 0.2) is 0 Å². The molecule has 3 heterocycles. The number of piperazine rings is 1. The molecule has 0 unspecified atom stereocenters. The van der Waals surface area contributed by atoms with E-state index in [4.69, 9.17) is 9.72 Å². The van der Waals surface area contributed by atoms with Crippen molar-refractivity contribution >= 4 is 16.8 Å². The van der Waals surface area contributed by atoms with Crippen molar-refractivity contribution in [2.75, 3.05) is 33.3 Å². The molecule has 6 nitrogen and oxygen atoms in total. The number of methoxy groups -OCH3 is 1. The molecular formula is C27H26N4O2. The van der Waals surface area contributed by atoms with Gasteiger partial charge in [-0.1, -0.05) is 30.3 Å². The molecule has 1 aliphatic heterocycles. The zero-order valence-corrected chi connectivity index (χ0v) is 18.6. The van der Waals surface area contributed by atoms with E-state index in [2.05, 4.69) is 22.0 Å². The van der Waals surface area contributed by atoms with Crippen LogP contribution in [0.15, 0.2) is 79.1 Å². The van der Waals surface area contributed by atoms with E-state index in [1.165, 1.54) is 5.56 Å². The van der Waals surface area contributed by atoms with Crippen LogP contribution in [0.5, 0.6) is 5.75 Å². The van der Waals surface area contributed by atoms with E-state index in [1.807, 2.05) is 59.5 Å². The molecule has 0 spiro atoms. The van der Waals surface area contributed by atoms with E-state index in [0.717, 1.165) is 47.5 Å². The fourth-order valence-corrected chi connectivity index (χ4v) is 4.29. The fourth-order valence-electron chi connectivity index (χ4n) is 4.29. The van der Waals surface area contributed by atoms with Gasteiger partial charge < -0.3 is 9.64 Å². The van der Waals surface area contributed by atoms with Crippen LogP contribution in [0.2, 0.25) is 0 Å². The molecule has 4 aromatic rings. The molecule has 6 heteroatoms. The minimum absolute atomic E-state index is 0.0630. The number of nitrogens with zero attached hydrogens (tertiary/aromatic N) is 4. The standard InChI is InChI=1S/C27H26N4O2/c1-33-22-8-6-20(7-9-22)19-30-14-16-31(17-15-30)27(32)24-18-26(21-10-12-28-13-11-21)29-25-5-3-2-4-23(24)25/h2-13,18H,14-17,19H2,1H3. The molecule has 33 heavy (non-hydrogen) atoms. The number of benzene rings is 2. The topological polar surface area (TPSA) is 58.6 Å². The number of rotatable bonds is 5. The summed E-state index contributed by atoms with van der Waals surface area (Å²) in [7, 11) is 1.68. The van der Waals surface area contributed by atoms with E-state index in [-0.39, 0.29) is 5.91 Å². The molecule has 0 aliphatic carbocycles. The van der Waals surface area contributed by atoms with Gasteiger partial charge in [-0.2, -0.15) is 0 Å². The average Bonchev–Trinajstić information content (AvgIpc) is 2.89. The average molecular weight is 439 g/mol. The number of aromatic nitrogens is 2. The Bertz CT molecular complexity index is 1250. The first kappa shape index (κ1) is 21.1. The lowest BCUT2D eigenvalue weighted by molar-refractivity contribution is 0.0630. The number of carbonyl (C=O) groups is 1. The van der Waals surface area contributed by atoms with Crippen molar-refractivity contribution in [1.29, 1.82) is 0 Å². The SMILES string of the molecule is COc1ccc(CN2CCN(C(=O)c3cc(-c4ccncc4)nc4ccccc34)CC2)cc1. The summed E-state index contributed by atoms with van der Waals surface area (Å²) in [4.78, 5) is 26.8. The van der Waals surface area contributed by atoms with Crippen LogP contribution in [0.1, 0.15) is 15.9 Å². The van der Waals surface area contributed by atoms with Gasteiger partial charge in [-0.3, -0.25) is 14.7 Å². The van der Waals surface area contributed by atoms with E-state index in [9.17, 15) is 4.79 Å². The highest BCUT2D eigenvalue weighted by molar-refractivity contribution is 6.07. The Morgan fingerprint density at radius 1 is 0.939 bits per heavy atom. The van der Waals surface area contributed by atoms with Crippen LogP contribution in [0.3, 0.4) is 0 Å².